The molecular weight excluding hydrogens is 336 g/mol. The zero-order chi connectivity index (χ0) is 18.3. The number of ether oxygens (including phenoxy) is 1. The van der Waals surface area contributed by atoms with Gasteiger partial charge in [0.15, 0.2) is 5.65 Å². The van der Waals surface area contributed by atoms with E-state index < -0.39 is 5.97 Å². The molecule has 26 heavy (non-hydrogen) atoms. The van der Waals surface area contributed by atoms with E-state index in [4.69, 9.17) is 4.74 Å². The summed E-state index contributed by atoms with van der Waals surface area (Å²) in [5.41, 5.74) is 1.07. The van der Waals surface area contributed by atoms with Crippen LogP contribution in [0.5, 0.6) is 5.75 Å². The summed E-state index contributed by atoms with van der Waals surface area (Å²) in [6.07, 6.45) is 4.31. The van der Waals surface area contributed by atoms with Crippen LogP contribution in [0.4, 0.5) is 0 Å². The lowest BCUT2D eigenvalue weighted by atomic mass is 10.2. The van der Waals surface area contributed by atoms with Gasteiger partial charge in [0.25, 0.3) is 5.56 Å². The maximum Gasteiger partial charge on any atom is 0.343 e. The average molecular weight is 350 g/mol. The number of rotatable bonds is 3. The van der Waals surface area contributed by atoms with E-state index >= 15 is 0 Å². The molecule has 0 atom stereocenters. The number of aromatic nitrogens is 4. The summed E-state index contributed by atoms with van der Waals surface area (Å²) in [5.74, 6) is -0.524. The van der Waals surface area contributed by atoms with Crippen molar-refractivity contribution in [2.24, 2.45) is 0 Å². The van der Waals surface area contributed by atoms with Gasteiger partial charge in [-0.1, -0.05) is 12.1 Å². The maximum absolute atomic E-state index is 12.8. The number of carbonyl (C=O) groups excluding carboxylic acids is 1. The number of para-hydroxylation sites is 2. The predicted octanol–water partition coefficient (Wildman–Crippen LogP) is 1.92. The number of nitrogens with zero attached hydrogens (tertiary/aromatic N) is 4. The van der Waals surface area contributed by atoms with E-state index in [1.807, 2.05) is 0 Å². The van der Waals surface area contributed by atoms with Crippen molar-refractivity contribution < 1.29 is 14.6 Å². The van der Waals surface area contributed by atoms with Crippen molar-refractivity contribution in [1.29, 1.82) is 0 Å². The second kappa shape index (κ2) is 5.99. The number of esters is 1. The topological polar surface area (TPSA) is 98.7 Å². The average Bonchev–Trinajstić information content (AvgIpc) is 3.08. The first-order valence-electron chi connectivity index (χ1n) is 7.95. The molecule has 0 aliphatic carbocycles. The third-order valence-corrected chi connectivity index (χ3v) is 4.03. The number of carbonyl (C=O) groups is 1. The monoisotopic (exact) mass is 350 g/mol. The molecule has 0 saturated heterocycles. The smallest absolute Gasteiger partial charge is 0.343 e. The summed E-state index contributed by atoms with van der Waals surface area (Å²) in [5, 5.41) is 14.5. The Bertz CT molecular complexity index is 1210. The molecule has 0 aliphatic heterocycles. The van der Waals surface area contributed by atoms with Gasteiger partial charge in [0, 0.05) is 12.4 Å². The van der Waals surface area contributed by atoms with Gasteiger partial charge >= 0.3 is 5.97 Å². The van der Waals surface area contributed by atoms with Crippen LogP contribution in [0.2, 0.25) is 0 Å². The van der Waals surface area contributed by atoms with Crippen LogP contribution in [-0.2, 0) is 4.74 Å². The molecule has 0 saturated carbocycles. The number of benzene rings is 1. The molecule has 0 amide bonds. The molecule has 8 nitrogen and oxygen atoms in total. The number of pyridine rings is 1. The molecule has 0 unspecified atom stereocenters. The Kier molecular flexibility index (Phi) is 3.65. The van der Waals surface area contributed by atoms with Crippen molar-refractivity contribution in [2.45, 2.75) is 6.92 Å². The molecule has 1 aromatic carbocycles. The van der Waals surface area contributed by atoms with Crippen LogP contribution < -0.4 is 5.56 Å². The lowest BCUT2D eigenvalue weighted by Crippen LogP contribution is -2.19. The predicted molar refractivity (Wildman–Crippen MR) is 93.7 cm³/mol. The molecule has 130 valence electrons. The Balaban J connectivity index is 1.95. The van der Waals surface area contributed by atoms with Gasteiger partial charge in [0.2, 0.25) is 0 Å². The molecule has 0 bridgehead atoms. The Hall–Kier alpha value is -3.68. The van der Waals surface area contributed by atoms with E-state index in [0.29, 0.717) is 22.2 Å². The number of fused-ring (bicyclic) bond motifs is 3. The van der Waals surface area contributed by atoms with Crippen molar-refractivity contribution in [3.63, 3.8) is 0 Å². The van der Waals surface area contributed by atoms with Crippen molar-refractivity contribution in [3.05, 3.63) is 64.8 Å². The minimum Gasteiger partial charge on any atom is -0.506 e. The van der Waals surface area contributed by atoms with Crippen LogP contribution in [0.1, 0.15) is 17.3 Å². The second-order valence-corrected chi connectivity index (χ2v) is 5.55. The van der Waals surface area contributed by atoms with Crippen LogP contribution in [-0.4, -0.2) is 36.8 Å². The van der Waals surface area contributed by atoms with Gasteiger partial charge in [0.1, 0.15) is 11.3 Å². The Labute approximate surface area is 146 Å². The van der Waals surface area contributed by atoms with Crippen molar-refractivity contribution in [3.8, 4) is 11.4 Å². The summed E-state index contributed by atoms with van der Waals surface area (Å²) < 4.78 is 7.76. The lowest BCUT2D eigenvalue weighted by Gasteiger charge is -2.09. The van der Waals surface area contributed by atoms with Gasteiger partial charge in [-0.25, -0.2) is 14.3 Å². The van der Waals surface area contributed by atoms with E-state index in [2.05, 4.69) is 10.1 Å². The molecule has 3 heterocycles. The van der Waals surface area contributed by atoms with Crippen molar-refractivity contribution >= 4 is 22.5 Å². The van der Waals surface area contributed by atoms with E-state index in [1.54, 1.807) is 37.4 Å². The Morgan fingerprint density at radius 3 is 2.81 bits per heavy atom. The molecule has 3 aromatic heterocycles. The molecule has 0 fully saturated rings. The molecule has 1 N–H and O–H groups in total. The SMILES string of the molecule is CCOC(=O)c1cnn2c1ncc1c(=O)n(-c3ccccc3O)ccc12. The van der Waals surface area contributed by atoms with Gasteiger partial charge in [-0.05, 0) is 25.1 Å². The number of hydrogen-bond acceptors (Lipinski definition) is 6. The standard InChI is InChI=1S/C18H14N4O4/c1-2-26-18(25)12-10-20-22-13-7-8-21(14-5-3-4-6-15(14)23)17(24)11(13)9-19-16(12)22/h3-10,23H,2H2,1H3. The fourth-order valence-electron chi connectivity index (χ4n) is 2.83. The van der Waals surface area contributed by atoms with E-state index in [-0.39, 0.29) is 23.5 Å². The molecule has 8 heteroatoms. The lowest BCUT2D eigenvalue weighted by molar-refractivity contribution is 0.0528. The van der Waals surface area contributed by atoms with Crippen LogP contribution in [0, 0.1) is 0 Å². The van der Waals surface area contributed by atoms with Crippen molar-refractivity contribution in [1.82, 2.24) is 19.2 Å². The fraction of sp³-hybridized carbons (Fsp3) is 0.111. The zero-order valence-electron chi connectivity index (χ0n) is 13.8. The quantitative estimate of drug-likeness (QED) is 0.567. The summed E-state index contributed by atoms with van der Waals surface area (Å²) in [7, 11) is 0. The molecule has 4 aromatic rings. The highest BCUT2D eigenvalue weighted by molar-refractivity contribution is 5.97. The summed E-state index contributed by atoms with van der Waals surface area (Å²) >= 11 is 0. The zero-order valence-corrected chi connectivity index (χ0v) is 13.8. The van der Waals surface area contributed by atoms with Gasteiger partial charge < -0.3 is 9.84 Å². The summed E-state index contributed by atoms with van der Waals surface area (Å²) in [4.78, 5) is 29.1. The Morgan fingerprint density at radius 1 is 1.23 bits per heavy atom. The van der Waals surface area contributed by atoms with E-state index in [0.717, 1.165) is 0 Å². The first kappa shape index (κ1) is 15.8. The highest BCUT2D eigenvalue weighted by Crippen LogP contribution is 2.21. The molecular formula is C18H14N4O4. The summed E-state index contributed by atoms with van der Waals surface area (Å²) in [6.45, 7) is 1.96. The van der Waals surface area contributed by atoms with Crippen LogP contribution >= 0.6 is 0 Å². The molecule has 0 spiro atoms. The van der Waals surface area contributed by atoms with Crippen LogP contribution in [0.15, 0.2) is 53.7 Å². The molecule has 0 radical (unpaired) electrons. The third-order valence-electron chi connectivity index (χ3n) is 4.03. The first-order chi connectivity index (χ1) is 12.6. The van der Waals surface area contributed by atoms with Gasteiger partial charge in [-0.2, -0.15) is 5.10 Å². The maximum atomic E-state index is 12.8. The number of hydrogen-bond donors (Lipinski definition) is 1. The Morgan fingerprint density at radius 2 is 2.04 bits per heavy atom. The second-order valence-electron chi connectivity index (χ2n) is 5.55. The number of phenols is 1. The number of phenolic OH excluding ortho intramolecular Hbond substituents is 1. The van der Waals surface area contributed by atoms with Gasteiger partial charge in [0.05, 0.1) is 29.4 Å². The first-order valence-corrected chi connectivity index (χ1v) is 7.95. The van der Waals surface area contributed by atoms with Gasteiger partial charge in [-0.15, -0.1) is 0 Å². The van der Waals surface area contributed by atoms with Crippen LogP contribution in [0.25, 0.3) is 22.2 Å². The van der Waals surface area contributed by atoms with E-state index in [9.17, 15) is 14.7 Å². The number of aromatic hydroxyl groups is 1. The highest BCUT2D eigenvalue weighted by atomic mass is 16.5. The molecule has 4 rings (SSSR count). The minimum atomic E-state index is -0.517. The largest absolute Gasteiger partial charge is 0.506 e. The minimum absolute atomic E-state index is 0.00771. The third kappa shape index (κ3) is 2.31. The summed E-state index contributed by atoms with van der Waals surface area (Å²) in [6, 6.07) is 8.23. The van der Waals surface area contributed by atoms with Crippen LogP contribution in [0.3, 0.4) is 0 Å². The van der Waals surface area contributed by atoms with E-state index in [1.165, 1.54) is 27.5 Å². The van der Waals surface area contributed by atoms with Gasteiger partial charge in [-0.3, -0.25) is 9.36 Å². The molecule has 0 aliphatic rings. The van der Waals surface area contributed by atoms with Crippen molar-refractivity contribution in [2.75, 3.05) is 6.61 Å². The fourth-order valence-corrected chi connectivity index (χ4v) is 2.83. The highest BCUT2D eigenvalue weighted by Gasteiger charge is 2.18. The normalized spacial score (nSPS) is 11.1.